The Morgan fingerprint density at radius 3 is 2.86 bits per heavy atom. The Morgan fingerprint density at radius 2 is 2.29 bits per heavy atom. The quantitative estimate of drug-likeness (QED) is 0.653. The number of anilines is 2. The highest BCUT2D eigenvalue weighted by molar-refractivity contribution is 7.13. The largest absolute Gasteiger partial charge is 0.479 e. The van der Waals surface area contributed by atoms with Crippen LogP contribution >= 0.6 is 11.3 Å². The molecule has 0 bridgehead atoms. The van der Waals surface area contributed by atoms with Gasteiger partial charge in [0.05, 0.1) is 17.7 Å². The molecule has 2 aromatic heterocycles. The number of aromatic nitrogens is 1. The van der Waals surface area contributed by atoms with Gasteiger partial charge < -0.3 is 15.0 Å². The van der Waals surface area contributed by atoms with Crippen LogP contribution in [0, 0.1) is 10.1 Å². The summed E-state index contributed by atoms with van der Waals surface area (Å²) in [5, 5.41) is 15.8. The van der Waals surface area contributed by atoms with E-state index in [2.05, 4.69) is 10.3 Å². The fourth-order valence-electron chi connectivity index (χ4n) is 1.87. The molecule has 0 saturated carbocycles. The van der Waals surface area contributed by atoms with Gasteiger partial charge in [-0.25, -0.2) is 4.98 Å². The van der Waals surface area contributed by atoms with Crippen molar-refractivity contribution in [2.24, 2.45) is 0 Å². The van der Waals surface area contributed by atoms with Crippen LogP contribution in [-0.4, -0.2) is 31.1 Å². The van der Waals surface area contributed by atoms with Crippen molar-refractivity contribution in [3.05, 3.63) is 39.4 Å². The summed E-state index contributed by atoms with van der Waals surface area (Å²) in [6.07, 6.45) is 1.68. The second-order valence-electron chi connectivity index (χ2n) is 4.51. The molecule has 0 atom stereocenters. The van der Waals surface area contributed by atoms with Crippen LogP contribution in [0.15, 0.2) is 23.7 Å². The van der Waals surface area contributed by atoms with Gasteiger partial charge in [0.2, 0.25) is 5.88 Å². The van der Waals surface area contributed by atoms with E-state index in [0.29, 0.717) is 12.4 Å². The SMILES string of the molecule is COc1nccc(N(C)C)c1NCc1csc([N+](=O)[O-])c1. The summed E-state index contributed by atoms with van der Waals surface area (Å²) >= 11 is 1.12. The van der Waals surface area contributed by atoms with Gasteiger partial charge >= 0.3 is 5.00 Å². The predicted octanol–water partition coefficient (Wildman–Crippen LogP) is 2.74. The van der Waals surface area contributed by atoms with E-state index in [4.69, 9.17) is 4.74 Å². The maximum Gasteiger partial charge on any atom is 0.324 e. The average Bonchev–Trinajstić information content (AvgIpc) is 2.93. The summed E-state index contributed by atoms with van der Waals surface area (Å²) in [6, 6.07) is 3.44. The van der Waals surface area contributed by atoms with Crippen molar-refractivity contribution >= 4 is 27.7 Å². The fourth-order valence-corrected chi connectivity index (χ4v) is 2.60. The molecule has 112 valence electrons. The summed E-state index contributed by atoms with van der Waals surface area (Å²) in [4.78, 5) is 16.4. The lowest BCUT2D eigenvalue weighted by Gasteiger charge is -2.19. The average molecular weight is 308 g/mol. The summed E-state index contributed by atoms with van der Waals surface area (Å²) in [5.74, 6) is 0.492. The molecule has 0 aliphatic heterocycles. The van der Waals surface area contributed by atoms with Gasteiger partial charge in [-0.3, -0.25) is 10.1 Å². The van der Waals surface area contributed by atoms with E-state index in [0.717, 1.165) is 28.3 Å². The Morgan fingerprint density at radius 1 is 1.52 bits per heavy atom. The maximum atomic E-state index is 10.7. The Hall–Kier alpha value is -2.35. The number of hydrogen-bond donors (Lipinski definition) is 1. The van der Waals surface area contributed by atoms with Crippen LogP contribution in [0.4, 0.5) is 16.4 Å². The maximum absolute atomic E-state index is 10.7. The summed E-state index contributed by atoms with van der Waals surface area (Å²) in [5.41, 5.74) is 2.55. The van der Waals surface area contributed by atoms with Crippen molar-refractivity contribution in [2.75, 3.05) is 31.4 Å². The van der Waals surface area contributed by atoms with Crippen molar-refractivity contribution in [1.82, 2.24) is 4.98 Å². The van der Waals surface area contributed by atoms with Crippen molar-refractivity contribution in [1.29, 1.82) is 0 Å². The minimum absolute atomic E-state index is 0.137. The first-order valence-corrected chi connectivity index (χ1v) is 7.07. The second-order valence-corrected chi connectivity index (χ2v) is 5.40. The first-order valence-electron chi connectivity index (χ1n) is 6.19. The van der Waals surface area contributed by atoms with E-state index in [1.807, 2.05) is 25.1 Å². The van der Waals surface area contributed by atoms with Gasteiger partial charge in [0, 0.05) is 38.3 Å². The molecule has 0 spiro atoms. The van der Waals surface area contributed by atoms with Gasteiger partial charge in [0.15, 0.2) is 0 Å². The number of ether oxygens (including phenoxy) is 1. The van der Waals surface area contributed by atoms with Crippen LogP contribution in [0.25, 0.3) is 0 Å². The van der Waals surface area contributed by atoms with Crippen LogP contribution in [0.5, 0.6) is 5.88 Å². The van der Waals surface area contributed by atoms with E-state index in [1.165, 1.54) is 0 Å². The highest BCUT2D eigenvalue weighted by atomic mass is 32.1. The molecule has 0 aliphatic carbocycles. The first kappa shape index (κ1) is 15.0. The number of nitro groups is 1. The summed E-state index contributed by atoms with van der Waals surface area (Å²) < 4.78 is 5.26. The summed E-state index contributed by atoms with van der Waals surface area (Å²) in [7, 11) is 5.41. The van der Waals surface area contributed by atoms with E-state index >= 15 is 0 Å². The molecule has 2 heterocycles. The molecule has 0 amide bonds. The summed E-state index contributed by atoms with van der Waals surface area (Å²) in [6.45, 7) is 0.466. The molecule has 0 fully saturated rings. The number of thiophene rings is 1. The number of rotatable bonds is 6. The van der Waals surface area contributed by atoms with Gasteiger partial charge in [-0.05, 0) is 11.6 Å². The topological polar surface area (TPSA) is 80.5 Å². The van der Waals surface area contributed by atoms with Gasteiger partial charge in [-0.2, -0.15) is 0 Å². The lowest BCUT2D eigenvalue weighted by molar-refractivity contribution is -0.380. The predicted molar refractivity (Wildman–Crippen MR) is 83.4 cm³/mol. The molecule has 0 aromatic carbocycles. The molecule has 8 heteroatoms. The van der Waals surface area contributed by atoms with E-state index in [-0.39, 0.29) is 9.92 Å². The van der Waals surface area contributed by atoms with Gasteiger partial charge in [-0.1, -0.05) is 11.3 Å². The lowest BCUT2D eigenvalue weighted by atomic mass is 10.2. The van der Waals surface area contributed by atoms with E-state index in [1.54, 1.807) is 24.8 Å². The molecule has 7 nitrogen and oxygen atoms in total. The normalized spacial score (nSPS) is 10.2. The highest BCUT2D eigenvalue weighted by Crippen LogP contribution is 2.33. The number of nitrogens with zero attached hydrogens (tertiary/aromatic N) is 3. The fraction of sp³-hybridized carbons (Fsp3) is 0.308. The monoisotopic (exact) mass is 308 g/mol. The molecule has 1 N–H and O–H groups in total. The van der Waals surface area contributed by atoms with Crippen molar-refractivity contribution < 1.29 is 9.66 Å². The van der Waals surface area contributed by atoms with Gasteiger partial charge in [0.1, 0.15) is 5.69 Å². The van der Waals surface area contributed by atoms with Crippen molar-refractivity contribution in [3.8, 4) is 5.88 Å². The van der Waals surface area contributed by atoms with Crippen LogP contribution in [-0.2, 0) is 6.54 Å². The second kappa shape index (κ2) is 6.40. The van der Waals surface area contributed by atoms with Crippen LogP contribution < -0.4 is 15.0 Å². The smallest absolute Gasteiger partial charge is 0.324 e. The minimum atomic E-state index is -0.385. The third-order valence-electron chi connectivity index (χ3n) is 2.86. The molecule has 0 radical (unpaired) electrons. The number of nitrogens with one attached hydrogen (secondary N) is 1. The zero-order chi connectivity index (χ0) is 15.4. The Balaban J connectivity index is 2.20. The Labute approximate surface area is 126 Å². The third-order valence-corrected chi connectivity index (χ3v) is 3.79. The number of pyridine rings is 1. The van der Waals surface area contributed by atoms with Gasteiger partial charge in [0.25, 0.3) is 0 Å². The minimum Gasteiger partial charge on any atom is -0.479 e. The molecule has 2 rings (SSSR count). The molecule has 0 saturated heterocycles. The van der Waals surface area contributed by atoms with E-state index in [9.17, 15) is 10.1 Å². The zero-order valence-electron chi connectivity index (χ0n) is 12.0. The molecule has 0 unspecified atom stereocenters. The highest BCUT2D eigenvalue weighted by Gasteiger charge is 2.14. The van der Waals surface area contributed by atoms with Gasteiger partial charge in [-0.15, -0.1) is 0 Å². The Kier molecular flexibility index (Phi) is 4.59. The lowest BCUT2D eigenvalue weighted by Crippen LogP contribution is -2.13. The molecule has 21 heavy (non-hydrogen) atoms. The van der Waals surface area contributed by atoms with Crippen molar-refractivity contribution in [3.63, 3.8) is 0 Å². The number of methoxy groups -OCH3 is 1. The molecular weight excluding hydrogens is 292 g/mol. The van der Waals surface area contributed by atoms with Crippen molar-refractivity contribution in [2.45, 2.75) is 6.54 Å². The van der Waals surface area contributed by atoms with Crippen LogP contribution in [0.1, 0.15) is 5.56 Å². The van der Waals surface area contributed by atoms with E-state index < -0.39 is 0 Å². The molecule has 0 aliphatic rings. The number of hydrogen-bond acceptors (Lipinski definition) is 7. The molecular formula is C13H16N4O3S. The standard InChI is InChI=1S/C13H16N4O3S/c1-16(2)10-4-5-14-13(20-3)12(10)15-7-9-6-11(17(18)19)21-8-9/h4-6,8,15H,7H2,1-3H3. The third kappa shape index (κ3) is 3.40. The van der Waals surface area contributed by atoms with Crippen LogP contribution in [0.2, 0.25) is 0 Å². The van der Waals surface area contributed by atoms with Crippen LogP contribution in [0.3, 0.4) is 0 Å². The Bertz CT molecular complexity index is 642. The molecule has 2 aromatic rings. The zero-order valence-corrected chi connectivity index (χ0v) is 12.8. The first-order chi connectivity index (χ1) is 10.0.